The number of benzene rings is 5. The number of unbranched alkanes of at least 4 members (excludes halogenated alkanes) is 2. The van der Waals surface area contributed by atoms with Crippen molar-refractivity contribution in [2.24, 2.45) is 7.05 Å². The highest BCUT2D eigenvalue weighted by Gasteiger charge is 2.23. The molecule has 0 N–H and O–H groups in total. The van der Waals surface area contributed by atoms with Gasteiger partial charge in [-0.25, -0.2) is 19.6 Å². The number of imidazole rings is 2. The average Bonchev–Trinajstić information content (AvgIpc) is 3.80. The lowest BCUT2D eigenvalue weighted by molar-refractivity contribution is -0.147. The van der Waals surface area contributed by atoms with Gasteiger partial charge in [0.15, 0.2) is 0 Å². The van der Waals surface area contributed by atoms with Crippen LogP contribution in [-0.4, -0.2) is 50.2 Å². The van der Waals surface area contributed by atoms with Crippen molar-refractivity contribution >= 4 is 40.0 Å². The Morgan fingerprint density at radius 2 is 1.38 bits per heavy atom. The van der Waals surface area contributed by atoms with Crippen LogP contribution in [0.5, 0.6) is 0 Å². The number of nitrogens with zero attached hydrogens (tertiary/aromatic N) is 4. The lowest BCUT2D eigenvalue weighted by Gasteiger charge is -2.19. The second kappa shape index (κ2) is 19.7. The third-order valence-corrected chi connectivity index (χ3v) is 11.1. The summed E-state index contributed by atoms with van der Waals surface area (Å²) < 4.78 is 21.3. The average molecular weight is 819 g/mol. The topological polar surface area (TPSA) is 115 Å². The summed E-state index contributed by atoms with van der Waals surface area (Å²) in [6, 6.07) is 35.5. The number of esters is 3. The molecule has 0 aliphatic carbocycles. The second-order valence-corrected chi connectivity index (χ2v) is 15.6. The Hall–Kier alpha value is -6.55. The summed E-state index contributed by atoms with van der Waals surface area (Å²) in [6.07, 6.45) is 4.78. The van der Waals surface area contributed by atoms with Crippen molar-refractivity contribution in [3.05, 3.63) is 143 Å². The van der Waals surface area contributed by atoms with Crippen LogP contribution >= 0.6 is 0 Å². The first-order valence-electron chi connectivity index (χ1n) is 21.4. The Morgan fingerprint density at radius 1 is 0.705 bits per heavy atom. The van der Waals surface area contributed by atoms with Gasteiger partial charge in [0.25, 0.3) is 0 Å². The summed E-state index contributed by atoms with van der Waals surface area (Å²) in [5.41, 5.74) is 10.7. The molecule has 0 amide bonds. The molecule has 2 heterocycles. The van der Waals surface area contributed by atoms with Crippen molar-refractivity contribution in [2.75, 3.05) is 13.2 Å². The number of hydrogen-bond acceptors (Lipinski definition) is 8. The Kier molecular flexibility index (Phi) is 13.7. The first-order valence-corrected chi connectivity index (χ1v) is 21.4. The Labute approximate surface area is 357 Å². The molecular formula is C51H54N4O6. The summed E-state index contributed by atoms with van der Waals surface area (Å²) in [6.45, 7) is 8.73. The second-order valence-electron chi connectivity index (χ2n) is 15.6. The highest BCUT2D eigenvalue weighted by molar-refractivity contribution is 5.97. The van der Waals surface area contributed by atoms with Crippen molar-refractivity contribution in [2.45, 2.75) is 85.3 Å². The van der Waals surface area contributed by atoms with Gasteiger partial charge in [-0.1, -0.05) is 93.1 Å². The highest BCUT2D eigenvalue weighted by atomic mass is 16.5. The van der Waals surface area contributed by atoms with E-state index < -0.39 is 24.0 Å². The van der Waals surface area contributed by atoms with E-state index in [0.29, 0.717) is 42.5 Å². The van der Waals surface area contributed by atoms with Gasteiger partial charge in [-0.05, 0) is 97.7 Å². The number of ether oxygens (including phenoxy) is 3. The summed E-state index contributed by atoms with van der Waals surface area (Å²) in [4.78, 5) is 48.4. The Balaban J connectivity index is 0.987. The van der Waals surface area contributed by atoms with Gasteiger partial charge in [0, 0.05) is 38.1 Å². The molecule has 7 aromatic rings. The molecule has 1 unspecified atom stereocenters. The van der Waals surface area contributed by atoms with E-state index in [1.54, 1.807) is 24.3 Å². The highest BCUT2D eigenvalue weighted by Crippen LogP contribution is 2.32. The predicted molar refractivity (Wildman–Crippen MR) is 239 cm³/mol. The third kappa shape index (κ3) is 9.75. The molecule has 2 aromatic heterocycles. The Morgan fingerprint density at radius 3 is 2.08 bits per heavy atom. The van der Waals surface area contributed by atoms with E-state index in [1.165, 1.54) is 6.92 Å². The largest absolute Gasteiger partial charge is 0.462 e. The van der Waals surface area contributed by atoms with Crippen LogP contribution in [0.1, 0.15) is 109 Å². The van der Waals surface area contributed by atoms with Gasteiger partial charge in [-0.3, -0.25) is 4.79 Å². The SMILES string of the molecule is CCCCC(OC(C)=O)c1ccccc1C(=O)OCCCCOC(=O)c1ccccc1-c1ccc(Cn2c(CCC)nc3c(C)cc(-c4nc5ccccc5n4C)cc32)cc1. The smallest absolute Gasteiger partial charge is 0.338 e. The zero-order valence-electron chi connectivity index (χ0n) is 35.8. The number of fused-ring (bicyclic) bond motifs is 2. The standard InChI is InChI=1S/C51H54N4O6/c1-6-8-24-46(61-35(4)56)40-19-10-12-21-42(40)51(58)60-30-16-15-29-59-50(57)41-20-11-9-18-39(41)37-27-25-36(26-28-37)33-55-45-32-38(31-34(3)48(45)53-47(55)17-7-2)49-52-43-22-13-14-23-44(43)54(49)5/h9-14,18-23,25-28,31-32,46H,6-8,15-17,24,29-30,33H2,1-5H3. The number of carbonyl (C=O) groups excluding carboxylic acids is 3. The van der Waals surface area contributed by atoms with Crippen molar-refractivity contribution < 1.29 is 28.6 Å². The van der Waals surface area contributed by atoms with Gasteiger partial charge in [-0.15, -0.1) is 0 Å². The molecule has 0 radical (unpaired) electrons. The number of hydrogen-bond donors (Lipinski definition) is 0. The van der Waals surface area contributed by atoms with E-state index in [-0.39, 0.29) is 13.2 Å². The Bertz CT molecular complexity index is 2660. The van der Waals surface area contributed by atoms with Gasteiger partial charge in [0.05, 0.1) is 46.4 Å². The van der Waals surface area contributed by atoms with Crippen LogP contribution < -0.4 is 0 Å². The molecule has 0 spiro atoms. The zero-order valence-corrected chi connectivity index (χ0v) is 35.8. The fraction of sp³-hybridized carbons (Fsp3) is 0.314. The third-order valence-electron chi connectivity index (χ3n) is 11.1. The number of aryl methyl sites for hydroxylation is 3. The quantitative estimate of drug-likeness (QED) is 0.0478. The minimum Gasteiger partial charge on any atom is -0.462 e. The van der Waals surface area contributed by atoms with Crippen LogP contribution in [-0.2, 0) is 39.0 Å². The molecule has 10 heteroatoms. The van der Waals surface area contributed by atoms with Crippen LogP contribution in [0.25, 0.3) is 44.6 Å². The maximum Gasteiger partial charge on any atom is 0.338 e. The van der Waals surface area contributed by atoms with Crippen molar-refractivity contribution in [1.29, 1.82) is 0 Å². The van der Waals surface area contributed by atoms with Gasteiger partial charge >= 0.3 is 17.9 Å². The maximum atomic E-state index is 13.4. The molecule has 0 saturated carbocycles. The van der Waals surface area contributed by atoms with Crippen LogP contribution in [0.3, 0.4) is 0 Å². The minimum absolute atomic E-state index is 0.165. The molecule has 0 saturated heterocycles. The first-order chi connectivity index (χ1) is 29.7. The van der Waals surface area contributed by atoms with E-state index in [9.17, 15) is 14.4 Å². The molecule has 0 fully saturated rings. The van der Waals surface area contributed by atoms with E-state index in [2.05, 4.69) is 79.4 Å². The molecule has 314 valence electrons. The molecule has 5 aromatic carbocycles. The van der Waals surface area contributed by atoms with E-state index >= 15 is 0 Å². The van der Waals surface area contributed by atoms with Gasteiger partial charge in [0.1, 0.15) is 17.8 Å². The molecule has 0 bridgehead atoms. The van der Waals surface area contributed by atoms with Crippen LogP contribution in [0.4, 0.5) is 0 Å². The zero-order chi connectivity index (χ0) is 42.9. The van der Waals surface area contributed by atoms with Gasteiger partial charge in [-0.2, -0.15) is 0 Å². The number of carbonyl (C=O) groups is 3. The molecule has 10 nitrogen and oxygen atoms in total. The van der Waals surface area contributed by atoms with Crippen LogP contribution in [0.15, 0.2) is 109 Å². The lowest BCUT2D eigenvalue weighted by atomic mass is 9.98. The van der Waals surface area contributed by atoms with E-state index in [4.69, 9.17) is 24.2 Å². The van der Waals surface area contributed by atoms with Crippen molar-refractivity contribution in [3.8, 4) is 22.5 Å². The summed E-state index contributed by atoms with van der Waals surface area (Å²) >= 11 is 0. The monoisotopic (exact) mass is 818 g/mol. The van der Waals surface area contributed by atoms with Crippen LogP contribution in [0, 0.1) is 6.92 Å². The number of aromatic nitrogens is 4. The molecule has 0 aliphatic heterocycles. The van der Waals surface area contributed by atoms with E-state index in [1.807, 2.05) is 42.5 Å². The van der Waals surface area contributed by atoms with Crippen molar-refractivity contribution in [1.82, 2.24) is 19.1 Å². The van der Waals surface area contributed by atoms with Gasteiger partial charge in [0.2, 0.25) is 0 Å². The van der Waals surface area contributed by atoms with Crippen molar-refractivity contribution in [3.63, 3.8) is 0 Å². The molecule has 7 rings (SSSR count). The molecule has 0 aliphatic rings. The predicted octanol–water partition coefficient (Wildman–Crippen LogP) is 11.2. The summed E-state index contributed by atoms with van der Waals surface area (Å²) in [7, 11) is 2.06. The normalized spacial score (nSPS) is 11.8. The minimum atomic E-state index is -0.512. The first kappa shape index (κ1) is 42.6. The fourth-order valence-electron chi connectivity index (χ4n) is 7.97. The number of para-hydroxylation sites is 2. The fourth-order valence-corrected chi connectivity index (χ4v) is 7.97. The molecule has 61 heavy (non-hydrogen) atoms. The lowest BCUT2D eigenvalue weighted by Crippen LogP contribution is -2.15. The van der Waals surface area contributed by atoms with Crippen LogP contribution in [0.2, 0.25) is 0 Å². The molecular weight excluding hydrogens is 765 g/mol. The molecule has 1 atom stereocenters. The number of rotatable bonds is 18. The maximum absolute atomic E-state index is 13.4. The van der Waals surface area contributed by atoms with Gasteiger partial charge < -0.3 is 23.3 Å². The summed E-state index contributed by atoms with van der Waals surface area (Å²) in [5, 5.41) is 0. The summed E-state index contributed by atoms with van der Waals surface area (Å²) in [5.74, 6) is 0.702. The van der Waals surface area contributed by atoms with E-state index in [0.717, 1.165) is 87.2 Å².